The summed E-state index contributed by atoms with van der Waals surface area (Å²) in [6.45, 7) is 1.10. The Labute approximate surface area is 127 Å². The molecule has 0 radical (unpaired) electrons. The molecular weight excluding hydrogens is 350 g/mol. The predicted octanol–water partition coefficient (Wildman–Crippen LogP) is 0.197. The second kappa shape index (κ2) is 6.97. The van der Waals surface area contributed by atoms with Crippen molar-refractivity contribution >= 4 is 33.5 Å². The van der Waals surface area contributed by atoms with Crippen LogP contribution in [-0.2, 0) is 20.9 Å². The number of carbonyl (C=O) groups excluding carboxylic acids is 2. The molecule has 0 spiro atoms. The molecular formula is C11H12BrN3O6. The standard InChI is InChI=1S/C11H12BrN3O6/c1-6(16)13-8(11(18)21-2)4-14-3-7(12)10(17)9(5-14)15(19)20/h3,5,8H,4H2,1-2H3,(H,13,16). The lowest BCUT2D eigenvalue weighted by molar-refractivity contribution is -0.386. The first-order valence-electron chi connectivity index (χ1n) is 5.65. The highest BCUT2D eigenvalue weighted by Gasteiger charge is 2.23. The number of methoxy groups -OCH3 is 1. The van der Waals surface area contributed by atoms with E-state index >= 15 is 0 Å². The monoisotopic (exact) mass is 361 g/mol. The van der Waals surface area contributed by atoms with Crippen LogP contribution in [0.3, 0.4) is 0 Å². The summed E-state index contributed by atoms with van der Waals surface area (Å²) in [6.07, 6.45) is 2.28. The maximum atomic E-state index is 11.6. The third-order valence-electron chi connectivity index (χ3n) is 2.47. The number of hydrogen-bond donors (Lipinski definition) is 1. The van der Waals surface area contributed by atoms with E-state index in [-0.39, 0.29) is 11.0 Å². The zero-order chi connectivity index (χ0) is 16.2. The van der Waals surface area contributed by atoms with Gasteiger partial charge in [0.1, 0.15) is 6.04 Å². The van der Waals surface area contributed by atoms with Crippen molar-refractivity contribution in [3.8, 4) is 0 Å². The number of nitro groups is 1. The molecule has 0 aliphatic rings. The summed E-state index contributed by atoms with van der Waals surface area (Å²) in [7, 11) is 1.15. The number of esters is 1. The second-order valence-electron chi connectivity index (χ2n) is 4.05. The molecule has 0 saturated heterocycles. The lowest BCUT2D eigenvalue weighted by atomic mass is 10.2. The largest absolute Gasteiger partial charge is 0.467 e. The van der Waals surface area contributed by atoms with Gasteiger partial charge in [0.2, 0.25) is 5.91 Å². The Balaban J connectivity index is 3.15. The third-order valence-corrected chi connectivity index (χ3v) is 3.03. The molecule has 1 rings (SSSR count). The minimum atomic E-state index is -1.03. The first kappa shape index (κ1) is 16.8. The summed E-state index contributed by atoms with van der Waals surface area (Å²) in [5.74, 6) is -1.16. The Hall–Kier alpha value is -2.23. The van der Waals surface area contributed by atoms with Crippen molar-refractivity contribution in [2.75, 3.05) is 7.11 Å². The predicted molar refractivity (Wildman–Crippen MR) is 74.7 cm³/mol. The lowest BCUT2D eigenvalue weighted by Crippen LogP contribution is -2.43. The van der Waals surface area contributed by atoms with Crippen molar-refractivity contribution in [1.29, 1.82) is 0 Å². The van der Waals surface area contributed by atoms with Crippen LogP contribution in [0.2, 0.25) is 0 Å². The first-order valence-corrected chi connectivity index (χ1v) is 6.44. The summed E-state index contributed by atoms with van der Waals surface area (Å²) in [5, 5.41) is 13.2. The number of nitrogens with zero attached hydrogens (tertiary/aromatic N) is 2. The molecule has 1 aromatic rings. The fraction of sp³-hybridized carbons (Fsp3) is 0.364. The van der Waals surface area contributed by atoms with E-state index in [0.717, 1.165) is 13.3 Å². The fourth-order valence-corrected chi connectivity index (χ4v) is 2.06. The van der Waals surface area contributed by atoms with Crippen LogP contribution in [0.25, 0.3) is 0 Å². The van der Waals surface area contributed by atoms with Crippen molar-refractivity contribution in [3.05, 3.63) is 37.2 Å². The van der Waals surface area contributed by atoms with Gasteiger partial charge in [-0.2, -0.15) is 0 Å². The molecule has 9 nitrogen and oxygen atoms in total. The van der Waals surface area contributed by atoms with E-state index < -0.39 is 34.0 Å². The highest BCUT2D eigenvalue weighted by atomic mass is 79.9. The molecule has 1 heterocycles. The minimum absolute atomic E-state index is 0.0249. The molecule has 21 heavy (non-hydrogen) atoms. The van der Waals surface area contributed by atoms with E-state index in [1.165, 1.54) is 17.7 Å². The zero-order valence-electron chi connectivity index (χ0n) is 11.2. The Bertz CT molecular complexity index is 641. The molecule has 0 bridgehead atoms. The van der Waals surface area contributed by atoms with Crippen LogP contribution < -0.4 is 10.7 Å². The van der Waals surface area contributed by atoms with Crippen LogP contribution in [0, 0.1) is 10.1 Å². The van der Waals surface area contributed by atoms with E-state index in [0.29, 0.717) is 0 Å². The van der Waals surface area contributed by atoms with Crippen molar-refractivity contribution in [2.45, 2.75) is 19.5 Å². The molecule has 1 unspecified atom stereocenters. The van der Waals surface area contributed by atoms with Crippen LogP contribution in [-0.4, -0.2) is 34.5 Å². The van der Waals surface area contributed by atoms with Gasteiger partial charge in [0.15, 0.2) is 0 Å². The van der Waals surface area contributed by atoms with Gasteiger partial charge in [0, 0.05) is 13.1 Å². The molecule has 0 fully saturated rings. The second-order valence-corrected chi connectivity index (χ2v) is 4.91. The van der Waals surface area contributed by atoms with Gasteiger partial charge >= 0.3 is 11.7 Å². The number of hydrogen-bond acceptors (Lipinski definition) is 6. The van der Waals surface area contributed by atoms with Crippen LogP contribution in [0.5, 0.6) is 0 Å². The summed E-state index contributed by atoms with van der Waals surface area (Å²) >= 11 is 2.92. The van der Waals surface area contributed by atoms with Crippen molar-refractivity contribution in [2.24, 2.45) is 0 Å². The Kier molecular flexibility index (Phi) is 5.59. The third kappa shape index (κ3) is 4.38. The number of carbonyl (C=O) groups is 2. The van der Waals surface area contributed by atoms with E-state index in [4.69, 9.17) is 0 Å². The number of rotatable bonds is 5. The van der Waals surface area contributed by atoms with E-state index in [2.05, 4.69) is 26.0 Å². The Morgan fingerprint density at radius 3 is 2.62 bits per heavy atom. The minimum Gasteiger partial charge on any atom is -0.467 e. The summed E-state index contributed by atoms with van der Waals surface area (Å²) in [4.78, 5) is 44.1. The smallest absolute Gasteiger partial charge is 0.333 e. The lowest BCUT2D eigenvalue weighted by Gasteiger charge is -2.17. The summed E-state index contributed by atoms with van der Waals surface area (Å²) in [5.41, 5.74) is -1.42. The van der Waals surface area contributed by atoms with Gasteiger partial charge in [-0.1, -0.05) is 0 Å². The molecule has 0 aliphatic carbocycles. The number of pyridine rings is 1. The molecule has 10 heteroatoms. The molecule has 1 atom stereocenters. The zero-order valence-corrected chi connectivity index (χ0v) is 12.7. The molecule has 1 amide bonds. The first-order chi connectivity index (χ1) is 9.76. The number of aromatic nitrogens is 1. The Morgan fingerprint density at radius 1 is 1.52 bits per heavy atom. The molecule has 1 aromatic heterocycles. The molecule has 114 valence electrons. The molecule has 0 saturated carbocycles. The summed E-state index contributed by atoms with van der Waals surface area (Å²) in [6, 6.07) is -1.03. The van der Waals surface area contributed by atoms with Gasteiger partial charge in [0.25, 0.3) is 5.43 Å². The van der Waals surface area contributed by atoms with Crippen LogP contribution in [0.1, 0.15) is 6.92 Å². The molecule has 0 aromatic carbocycles. The van der Waals surface area contributed by atoms with Gasteiger partial charge in [-0.05, 0) is 15.9 Å². The van der Waals surface area contributed by atoms with Gasteiger partial charge < -0.3 is 14.6 Å². The van der Waals surface area contributed by atoms with Gasteiger partial charge in [0.05, 0.1) is 29.2 Å². The molecule has 1 N–H and O–H groups in total. The number of nitrogens with one attached hydrogen (secondary N) is 1. The molecule has 0 aliphatic heterocycles. The average Bonchev–Trinajstić information content (AvgIpc) is 2.40. The highest BCUT2D eigenvalue weighted by molar-refractivity contribution is 9.10. The maximum absolute atomic E-state index is 11.6. The van der Waals surface area contributed by atoms with Crippen molar-refractivity contribution < 1.29 is 19.2 Å². The highest BCUT2D eigenvalue weighted by Crippen LogP contribution is 2.11. The quantitative estimate of drug-likeness (QED) is 0.454. The Morgan fingerprint density at radius 2 is 2.14 bits per heavy atom. The maximum Gasteiger partial charge on any atom is 0.333 e. The van der Waals surface area contributed by atoms with Gasteiger partial charge in [-0.15, -0.1) is 0 Å². The normalized spacial score (nSPS) is 11.6. The fourth-order valence-electron chi connectivity index (χ4n) is 1.59. The number of halogens is 1. The van der Waals surface area contributed by atoms with Crippen LogP contribution >= 0.6 is 15.9 Å². The number of amides is 1. The van der Waals surface area contributed by atoms with Gasteiger partial charge in [-0.3, -0.25) is 19.7 Å². The SMILES string of the molecule is COC(=O)C(Cn1cc(Br)c(=O)c([N+](=O)[O-])c1)NC(C)=O. The van der Waals surface area contributed by atoms with E-state index in [1.807, 2.05) is 0 Å². The van der Waals surface area contributed by atoms with E-state index in [1.54, 1.807) is 0 Å². The average molecular weight is 362 g/mol. The van der Waals surface area contributed by atoms with E-state index in [9.17, 15) is 24.5 Å². The van der Waals surface area contributed by atoms with Crippen molar-refractivity contribution in [1.82, 2.24) is 9.88 Å². The van der Waals surface area contributed by atoms with Crippen LogP contribution in [0.15, 0.2) is 21.7 Å². The summed E-state index contributed by atoms with van der Waals surface area (Å²) < 4.78 is 5.77. The topological polar surface area (TPSA) is 121 Å². The number of ether oxygens (including phenoxy) is 1. The van der Waals surface area contributed by atoms with Gasteiger partial charge in [-0.25, -0.2) is 4.79 Å². The van der Waals surface area contributed by atoms with Crippen molar-refractivity contribution in [3.63, 3.8) is 0 Å². The van der Waals surface area contributed by atoms with Crippen LogP contribution in [0.4, 0.5) is 5.69 Å².